The molecule has 1 unspecified atom stereocenters. The molecule has 0 radical (unpaired) electrons. The Labute approximate surface area is 102 Å². The lowest BCUT2D eigenvalue weighted by atomic mass is 9.88. The monoisotopic (exact) mass is 235 g/mol. The Morgan fingerprint density at radius 2 is 2.06 bits per heavy atom. The van der Waals surface area contributed by atoms with Gasteiger partial charge in [0.2, 0.25) is 0 Å². The lowest BCUT2D eigenvalue weighted by molar-refractivity contribution is 0.556. The Morgan fingerprint density at radius 1 is 1.38 bits per heavy atom. The zero-order valence-corrected chi connectivity index (χ0v) is 10.4. The van der Waals surface area contributed by atoms with E-state index in [2.05, 4.69) is 25.1 Å². The third-order valence-corrected chi connectivity index (χ3v) is 4.58. The highest BCUT2D eigenvalue weighted by Gasteiger charge is 2.47. The third-order valence-electron chi connectivity index (χ3n) is 4.25. The van der Waals surface area contributed by atoms with Crippen LogP contribution in [0.25, 0.3) is 0 Å². The zero-order valence-electron chi connectivity index (χ0n) is 9.67. The highest BCUT2D eigenvalue weighted by Crippen LogP contribution is 2.52. The molecule has 0 spiro atoms. The number of hydrogen-bond acceptors (Lipinski definition) is 1. The van der Waals surface area contributed by atoms with Gasteiger partial charge in [0.15, 0.2) is 0 Å². The van der Waals surface area contributed by atoms with Crippen molar-refractivity contribution in [3.8, 4) is 0 Å². The molecular weight excluding hydrogens is 218 g/mol. The molecule has 86 valence electrons. The summed E-state index contributed by atoms with van der Waals surface area (Å²) in [5, 5.41) is 0.951. The molecule has 1 aromatic rings. The molecule has 1 aromatic carbocycles. The maximum Gasteiger partial charge on any atom is 0.0443 e. The average molecular weight is 236 g/mol. The van der Waals surface area contributed by atoms with E-state index in [-0.39, 0.29) is 11.5 Å². The largest absolute Gasteiger partial charge is 0.327 e. The van der Waals surface area contributed by atoms with Crippen LogP contribution in [0.4, 0.5) is 0 Å². The molecular formula is C14H18ClN. The summed E-state index contributed by atoms with van der Waals surface area (Å²) < 4.78 is 0. The Morgan fingerprint density at radius 3 is 2.50 bits per heavy atom. The molecule has 0 aromatic heterocycles. The molecule has 2 aliphatic carbocycles. The van der Waals surface area contributed by atoms with Crippen molar-refractivity contribution in [2.45, 2.75) is 50.0 Å². The van der Waals surface area contributed by atoms with Gasteiger partial charge in [0.1, 0.15) is 0 Å². The summed E-state index contributed by atoms with van der Waals surface area (Å²) in [6.07, 6.45) is 5.03. The Balaban J connectivity index is 1.94. The van der Waals surface area contributed by atoms with Crippen molar-refractivity contribution in [1.29, 1.82) is 0 Å². The fraction of sp³-hybridized carbons (Fsp3) is 0.571. The van der Waals surface area contributed by atoms with Crippen molar-refractivity contribution in [3.63, 3.8) is 0 Å². The second-order valence-electron chi connectivity index (χ2n) is 5.46. The summed E-state index contributed by atoms with van der Waals surface area (Å²) >= 11 is 6.36. The number of benzene rings is 1. The minimum absolute atomic E-state index is 0.228. The zero-order chi connectivity index (χ0) is 11.3. The summed E-state index contributed by atoms with van der Waals surface area (Å²) in [5.74, 6) is 0.729. The van der Waals surface area contributed by atoms with Crippen LogP contribution in [0.2, 0.25) is 5.02 Å². The number of rotatable bonds is 3. The average Bonchev–Trinajstić information content (AvgIpc) is 3.12. The van der Waals surface area contributed by atoms with E-state index in [1.54, 1.807) is 0 Å². The Hall–Kier alpha value is -0.530. The maximum atomic E-state index is 6.36. The molecule has 1 atom stereocenters. The molecule has 0 bridgehead atoms. The molecule has 0 amide bonds. The van der Waals surface area contributed by atoms with Gasteiger partial charge in [-0.15, -0.1) is 0 Å². The molecule has 0 heterocycles. The molecule has 2 fully saturated rings. The SMILES string of the molecule is CC(N)C1(c2ccc(C3CC3)c(Cl)c2)CC1. The molecule has 2 N–H and O–H groups in total. The minimum atomic E-state index is 0.228. The normalized spacial score (nSPS) is 24.2. The summed E-state index contributed by atoms with van der Waals surface area (Å²) in [7, 11) is 0. The van der Waals surface area contributed by atoms with Gasteiger partial charge in [0.05, 0.1) is 0 Å². The van der Waals surface area contributed by atoms with E-state index in [1.165, 1.54) is 36.8 Å². The van der Waals surface area contributed by atoms with Crippen LogP contribution in [0.5, 0.6) is 0 Å². The molecule has 2 aliphatic rings. The summed E-state index contributed by atoms with van der Waals surface area (Å²) in [5.41, 5.74) is 8.99. The van der Waals surface area contributed by atoms with Gasteiger partial charge in [0.25, 0.3) is 0 Å². The van der Waals surface area contributed by atoms with Gasteiger partial charge >= 0.3 is 0 Å². The van der Waals surface area contributed by atoms with Crippen LogP contribution >= 0.6 is 11.6 Å². The standard InChI is InChI=1S/C14H18ClN/c1-9(16)14(6-7-14)11-4-5-12(10-2-3-10)13(15)8-11/h4-5,8-10H,2-3,6-7,16H2,1H3. The number of nitrogens with two attached hydrogens (primary N) is 1. The van der Waals surface area contributed by atoms with Crippen molar-refractivity contribution >= 4 is 11.6 Å². The fourth-order valence-corrected chi connectivity index (χ4v) is 3.04. The second kappa shape index (κ2) is 3.48. The maximum absolute atomic E-state index is 6.36. The quantitative estimate of drug-likeness (QED) is 0.851. The van der Waals surface area contributed by atoms with Crippen molar-refractivity contribution in [2.75, 3.05) is 0 Å². The second-order valence-corrected chi connectivity index (χ2v) is 5.86. The highest BCUT2D eigenvalue weighted by atomic mass is 35.5. The predicted octanol–water partition coefficient (Wildman–Crippen LogP) is 3.60. The van der Waals surface area contributed by atoms with Gasteiger partial charge in [0, 0.05) is 16.5 Å². The van der Waals surface area contributed by atoms with E-state index in [9.17, 15) is 0 Å². The van der Waals surface area contributed by atoms with E-state index < -0.39 is 0 Å². The predicted molar refractivity (Wildman–Crippen MR) is 68.0 cm³/mol. The summed E-state index contributed by atoms with van der Waals surface area (Å²) in [4.78, 5) is 0. The van der Waals surface area contributed by atoms with Gasteiger partial charge < -0.3 is 5.73 Å². The molecule has 0 aliphatic heterocycles. The lowest BCUT2D eigenvalue weighted by Crippen LogP contribution is -2.31. The van der Waals surface area contributed by atoms with E-state index in [1.807, 2.05) is 0 Å². The molecule has 1 nitrogen and oxygen atoms in total. The van der Waals surface area contributed by atoms with E-state index in [0.29, 0.717) is 0 Å². The molecule has 2 heteroatoms. The first-order valence-electron chi connectivity index (χ1n) is 6.19. The van der Waals surface area contributed by atoms with Crippen LogP contribution in [0.3, 0.4) is 0 Å². The van der Waals surface area contributed by atoms with Gasteiger partial charge in [-0.2, -0.15) is 0 Å². The van der Waals surface area contributed by atoms with Crippen molar-refractivity contribution in [1.82, 2.24) is 0 Å². The number of hydrogen-bond donors (Lipinski definition) is 1. The first-order chi connectivity index (χ1) is 7.63. The van der Waals surface area contributed by atoms with Gasteiger partial charge in [-0.05, 0) is 55.7 Å². The first-order valence-corrected chi connectivity index (χ1v) is 6.57. The van der Waals surface area contributed by atoms with Crippen LogP contribution in [0.15, 0.2) is 18.2 Å². The third kappa shape index (κ3) is 1.57. The van der Waals surface area contributed by atoms with Crippen LogP contribution in [0.1, 0.15) is 49.7 Å². The van der Waals surface area contributed by atoms with E-state index in [4.69, 9.17) is 17.3 Å². The summed E-state index contributed by atoms with van der Waals surface area (Å²) in [6.45, 7) is 2.11. The number of halogens is 1. The van der Waals surface area contributed by atoms with Gasteiger partial charge in [-0.1, -0.05) is 23.7 Å². The van der Waals surface area contributed by atoms with E-state index >= 15 is 0 Å². The van der Waals surface area contributed by atoms with Gasteiger partial charge in [-0.25, -0.2) is 0 Å². The van der Waals surface area contributed by atoms with Crippen LogP contribution in [-0.2, 0) is 5.41 Å². The topological polar surface area (TPSA) is 26.0 Å². The van der Waals surface area contributed by atoms with Gasteiger partial charge in [-0.3, -0.25) is 0 Å². The van der Waals surface area contributed by atoms with Crippen molar-refractivity contribution < 1.29 is 0 Å². The lowest BCUT2D eigenvalue weighted by Gasteiger charge is -2.21. The Bertz CT molecular complexity index is 417. The van der Waals surface area contributed by atoms with Crippen LogP contribution in [0, 0.1) is 0 Å². The highest BCUT2D eigenvalue weighted by molar-refractivity contribution is 6.31. The minimum Gasteiger partial charge on any atom is -0.327 e. The molecule has 16 heavy (non-hydrogen) atoms. The first kappa shape index (κ1) is 10.6. The van der Waals surface area contributed by atoms with E-state index in [0.717, 1.165) is 10.9 Å². The smallest absolute Gasteiger partial charge is 0.0443 e. The van der Waals surface area contributed by atoms with Crippen LogP contribution < -0.4 is 5.73 Å². The van der Waals surface area contributed by atoms with Crippen molar-refractivity contribution in [3.05, 3.63) is 34.3 Å². The Kier molecular flexibility index (Phi) is 2.31. The summed E-state index contributed by atoms with van der Waals surface area (Å²) in [6, 6.07) is 6.86. The molecule has 0 saturated heterocycles. The molecule has 2 saturated carbocycles. The van der Waals surface area contributed by atoms with Crippen LogP contribution in [-0.4, -0.2) is 6.04 Å². The van der Waals surface area contributed by atoms with Crippen molar-refractivity contribution in [2.24, 2.45) is 5.73 Å². The fourth-order valence-electron chi connectivity index (χ4n) is 2.70. The molecule has 3 rings (SSSR count).